The first kappa shape index (κ1) is 20.9. The van der Waals surface area contributed by atoms with Gasteiger partial charge in [-0.3, -0.25) is 4.79 Å². The summed E-state index contributed by atoms with van der Waals surface area (Å²) in [4.78, 5) is 13.1. The molecular weight excluding hydrogens is 414 g/mol. The highest BCUT2D eigenvalue weighted by Gasteiger charge is 2.19. The second-order valence-electron chi connectivity index (χ2n) is 8.13. The Morgan fingerprint density at radius 1 is 0.909 bits per heavy atom. The molecule has 0 aliphatic carbocycles. The molecule has 0 atom stereocenters. The minimum atomic E-state index is -0.0390. The lowest BCUT2D eigenvalue weighted by atomic mass is 10.0. The first-order chi connectivity index (χ1) is 16.1. The first-order valence-corrected chi connectivity index (χ1v) is 11.0. The maximum atomic E-state index is 13.1. The van der Waals surface area contributed by atoms with E-state index < -0.39 is 0 Å². The Balaban J connectivity index is 1.33. The molecule has 33 heavy (non-hydrogen) atoms. The normalized spacial score (nSPS) is 12.1. The van der Waals surface area contributed by atoms with Crippen LogP contribution in [-0.2, 0) is 6.54 Å². The van der Waals surface area contributed by atoms with Gasteiger partial charge in [-0.1, -0.05) is 54.6 Å². The predicted molar refractivity (Wildman–Crippen MR) is 127 cm³/mol. The van der Waals surface area contributed by atoms with E-state index in [9.17, 15) is 4.79 Å². The van der Waals surface area contributed by atoms with Crippen LogP contribution in [0.2, 0.25) is 0 Å². The van der Waals surface area contributed by atoms with Gasteiger partial charge in [0.1, 0.15) is 5.75 Å². The summed E-state index contributed by atoms with van der Waals surface area (Å²) in [5, 5.41) is 0. The Labute approximate surface area is 193 Å². The maximum absolute atomic E-state index is 13.1. The Kier molecular flexibility index (Phi) is 5.61. The van der Waals surface area contributed by atoms with Crippen molar-refractivity contribution in [3.05, 3.63) is 101 Å². The summed E-state index contributed by atoms with van der Waals surface area (Å²) in [5.74, 6) is 2.19. The molecule has 5 rings (SSSR count). The number of hydrogen-bond donors (Lipinski definition) is 0. The van der Waals surface area contributed by atoms with E-state index in [2.05, 4.69) is 4.57 Å². The van der Waals surface area contributed by atoms with E-state index in [1.165, 1.54) is 0 Å². The Morgan fingerprint density at radius 2 is 1.67 bits per heavy atom. The van der Waals surface area contributed by atoms with Crippen LogP contribution in [0.4, 0.5) is 0 Å². The number of Topliss-reactive ketones (excluding diaryl/α,β-unsaturated/α-hetero) is 1. The number of ketones is 1. The highest BCUT2D eigenvalue weighted by molar-refractivity contribution is 5.98. The molecule has 0 radical (unpaired) electrons. The standard InChI is InChI=1S/C28H25NO4/c1-19-14-24(20(2)29(19)16-21-12-13-27-28(15-21)33-18-32-27)25(30)17-31-26-11-7-6-10-23(26)22-8-4-3-5-9-22/h3-15H,16-18H2,1-2H3. The molecular formula is C28H25NO4. The van der Waals surface area contributed by atoms with Gasteiger partial charge in [-0.15, -0.1) is 0 Å². The number of carbonyl (C=O) groups is 1. The highest BCUT2D eigenvalue weighted by atomic mass is 16.7. The molecule has 0 bridgehead atoms. The minimum Gasteiger partial charge on any atom is -0.485 e. The van der Waals surface area contributed by atoms with Crippen molar-refractivity contribution < 1.29 is 19.0 Å². The van der Waals surface area contributed by atoms with Gasteiger partial charge in [0.05, 0.1) is 0 Å². The van der Waals surface area contributed by atoms with E-state index >= 15 is 0 Å². The van der Waals surface area contributed by atoms with Crippen LogP contribution in [0.25, 0.3) is 11.1 Å². The molecule has 0 fully saturated rings. The second kappa shape index (κ2) is 8.87. The topological polar surface area (TPSA) is 49.7 Å². The summed E-state index contributed by atoms with van der Waals surface area (Å²) in [5.41, 5.74) is 5.76. The summed E-state index contributed by atoms with van der Waals surface area (Å²) in [6.45, 7) is 4.89. The number of hydrogen-bond acceptors (Lipinski definition) is 4. The van der Waals surface area contributed by atoms with Gasteiger partial charge in [-0.2, -0.15) is 0 Å². The third kappa shape index (κ3) is 4.22. The molecule has 1 aliphatic rings. The van der Waals surface area contributed by atoms with Crippen LogP contribution < -0.4 is 14.2 Å². The van der Waals surface area contributed by atoms with Gasteiger partial charge < -0.3 is 18.8 Å². The number of carbonyl (C=O) groups excluding carboxylic acids is 1. The van der Waals surface area contributed by atoms with E-state index in [1.54, 1.807) is 0 Å². The number of fused-ring (bicyclic) bond motifs is 1. The summed E-state index contributed by atoms with van der Waals surface area (Å²) in [6.07, 6.45) is 0. The molecule has 0 saturated heterocycles. The Hall–Kier alpha value is -3.99. The number of aryl methyl sites for hydroxylation is 1. The number of ether oxygens (including phenoxy) is 3. The number of aromatic nitrogens is 1. The predicted octanol–water partition coefficient (Wildman–Crippen LogP) is 5.81. The zero-order valence-corrected chi connectivity index (χ0v) is 18.7. The smallest absolute Gasteiger partial charge is 0.231 e. The molecule has 0 amide bonds. The maximum Gasteiger partial charge on any atom is 0.231 e. The first-order valence-electron chi connectivity index (χ1n) is 11.0. The Morgan fingerprint density at radius 3 is 2.52 bits per heavy atom. The number of para-hydroxylation sites is 1. The molecule has 1 aromatic heterocycles. The quantitative estimate of drug-likeness (QED) is 0.341. The van der Waals surface area contributed by atoms with Gasteiger partial charge in [-0.05, 0) is 49.2 Å². The van der Waals surface area contributed by atoms with Crippen LogP contribution in [0.1, 0.15) is 27.3 Å². The fourth-order valence-corrected chi connectivity index (χ4v) is 4.22. The van der Waals surface area contributed by atoms with E-state index in [0.717, 1.165) is 39.6 Å². The second-order valence-corrected chi connectivity index (χ2v) is 8.13. The monoisotopic (exact) mass is 439 g/mol. The van der Waals surface area contributed by atoms with Crippen LogP contribution in [0.5, 0.6) is 17.2 Å². The van der Waals surface area contributed by atoms with Crippen molar-refractivity contribution in [2.75, 3.05) is 13.4 Å². The van der Waals surface area contributed by atoms with E-state index in [1.807, 2.05) is 92.7 Å². The molecule has 5 nitrogen and oxygen atoms in total. The lowest BCUT2D eigenvalue weighted by Gasteiger charge is -2.12. The minimum absolute atomic E-state index is 0.0157. The van der Waals surface area contributed by atoms with E-state index in [4.69, 9.17) is 14.2 Å². The van der Waals surface area contributed by atoms with Crippen molar-refractivity contribution in [2.45, 2.75) is 20.4 Å². The van der Waals surface area contributed by atoms with Crippen molar-refractivity contribution >= 4 is 5.78 Å². The van der Waals surface area contributed by atoms with Crippen LogP contribution in [0, 0.1) is 13.8 Å². The summed E-state index contributed by atoms with van der Waals surface area (Å²) >= 11 is 0. The van der Waals surface area contributed by atoms with Gasteiger partial charge in [0, 0.05) is 29.1 Å². The number of benzene rings is 3. The fourth-order valence-electron chi connectivity index (χ4n) is 4.22. The third-order valence-corrected chi connectivity index (χ3v) is 5.98. The molecule has 5 heteroatoms. The molecule has 0 spiro atoms. The summed E-state index contributed by atoms with van der Waals surface area (Å²) in [7, 11) is 0. The lowest BCUT2D eigenvalue weighted by Crippen LogP contribution is -2.13. The molecule has 2 heterocycles. The highest BCUT2D eigenvalue weighted by Crippen LogP contribution is 2.33. The average Bonchev–Trinajstić information content (AvgIpc) is 3.43. The van der Waals surface area contributed by atoms with Crippen LogP contribution >= 0.6 is 0 Å². The SMILES string of the molecule is Cc1cc(C(=O)COc2ccccc2-c2ccccc2)c(C)n1Cc1ccc2c(c1)OCO2. The van der Waals surface area contributed by atoms with Gasteiger partial charge in [0.15, 0.2) is 18.1 Å². The lowest BCUT2D eigenvalue weighted by molar-refractivity contribution is 0.0921. The zero-order chi connectivity index (χ0) is 22.8. The van der Waals surface area contributed by atoms with Crippen LogP contribution in [0.3, 0.4) is 0 Å². The molecule has 0 saturated carbocycles. The number of rotatable bonds is 7. The van der Waals surface area contributed by atoms with Crippen molar-refractivity contribution in [1.82, 2.24) is 4.57 Å². The van der Waals surface area contributed by atoms with Crippen molar-refractivity contribution in [1.29, 1.82) is 0 Å². The summed E-state index contributed by atoms with van der Waals surface area (Å²) in [6, 6.07) is 25.7. The van der Waals surface area contributed by atoms with Crippen molar-refractivity contribution in [3.8, 4) is 28.4 Å². The van der Waals surface area contributed by atoms with E-state index in [-0.39, 0.29) is 19.2 Å². The molecule has 3 aromatic carbocycles. The summed E-state index contributed by atoms with van der Waals surface area (Å²) < 4.78 is 19.0. The molecule has 0 N–H and O–H groups in total. The van der Waals surface area contributed by atoms with Crippen molar-refractivity contribution in [2.24, 2.45) is 0 Å². The van der Waals surface area contributed by atoms with Gasteiger partial charge in [0.25, 0.3) is 0 Å². The zero-order valence-electron chi connectivity index (χ0n) is 18.7. The van der Waals surface area contributed by atoms with Crippen molar-refractivity contribution in [3.63, 3.8) is 0 Å². The van der Waals surface area contributed by atoms with Crippen LogP contribution in [0.15, 0.2) is 78.9 Å². The van der Waals surface area contributed by atoms with Crippen LogP contribution in [-0.4, -0.2) is 23.8 Å². The third-order valence-electron chi connectivity index (χ3n) is 5.98. The van der Waals surface area contributed by atoms with Gasteiger partial charge in [-0.25, -0.2) is 0 Å². The molecule has 0 unspecified atom stereocenters. The number of nitrogens with zero attached hydrogens (tertiary/aromatic N) is 1. The fraction of sp³-hybridized carbons (Fsp3) is 0.179. The molecule has 4 aromatic rings. The largest absolute Gasteiger partial charge is 0.485 e. The van der Waals surface area contributed by atoms with E-state index in [0.29, 0.717) is 17.9 Å². The molecule has 1 aliphatic heterocycles. The van der Waals surface area contributed by atoms with Gasteiger partial charge in [0.2, 0.25) is 12.6 Å². The Bertz CT molecular complexity index is 1310. The molecule has 166 valence electrons. The van der Waals surface area contributed by atoms with Gasteiger partial charge >= 0.3 is 0 Å². The average molecular weight is 440 g/mol.